The van der Waals surface area contributed by atoms with E-state index in [1.54, 1.807) is 0 Å². The second kappa shape index (κ2) is 76.1. The quantitative estimate of drug-likeness (QED) is 0.0169. The Labute approximate surface area is 630 Å². The lowest BCUT2D eigenvalue weighted by Gasteiger charge is -2.21. The Morgan fingerprint density at radius 3 is 0.798 bits per heavy atom. The van der Waals surface area contributed by atoms with E-state index < -0.39 is 97.5 Å². The Balaban J connectivity index is 5.43. The van der Waals surface area contributed by atoms with E-state index in [1.807, 2.05) is 0 Å². The maximum Gasteiger partial charge on any atom is 0.472 e. The first-order valence-corrected chi connectivity index (χ1v) is 43.1. The minimum Gasteiger partial charge on any atom is -0.462 e. The molecule has 0 radical (unpaired) electrons. The van der Waals surface area contributed by atoms with Crippen molar-refractivity contribution in [3.8, 4) is 0 Å². The number of carbonyl (C=O) groups excluding carboxylic acids is 4. The summed E-state index contributed by atoms with van der Waals surface area (Å²) in [5.41, 5.74) is 0. The zero-order valence-corrected chi connectivity index (χ0v) is 66.7. The van der Waals surface area contributed by atoms with Crippen molar-refractivity contribution >= 4 is 39.5 Å². The molecule has 0 aromatic rings. The van der Waals surface area contributed by atoms with Crippen LogP contribution in [0.25, 0.3) is 0 Å². The maximum atomic E-state index is 13.1. The summed E-state index contributed by atoms with van der Waals surface area (Å²) in [5.74, 6) is -2.26. The number of carbonyl (C=O) groups is 4. The average Bonchev–Trinajstić information content (AvgIpc) is 0.928. The average molecular weight is 1500 g/mol. The van der Waals surface area contributed by atoms with Gasteiger partial charge in [0.1, 0.15) is 19.3 Å². The lowest BCUT2D eigenvalue weighted by atomic mass is 10.1. The van der Waals surface area contributed by atoms with Gasteiger partial charge in [-0.15, -0.1) is 0 Å². The molecule has 17 nitrogen and oxygen atoms in total. The van der Waals surface area contributed by atoms with Gasteiger partial charge >= 0.3 is 39.5 Å². The van der Waals surface area contributed by atoms with Gasteiger partial charge in [0.05, 0.1) is 26.4 Å². The Hall–Kier alpha value is -5.06. The molecule has 0 rings (SSSR count). The van der Waals surface area contributed by atoms with Gasteiger partial charge in [-0.2, -0.15) is 0 Å². The number of ether oxygens (including phenoxy) is 4. The molecule has 0 amide bonds. The fourth-order valence-corrected chi connectivity index (χ4v) is 11.8. The van der Waals surface area contributed by atoms with Crippen LogP contribution in [0.15, 0.2) is 146 Å². The zero-order chi connectivity index (χ0) is 76.0. The van der Waals surface area contributed by atoms with Gasteiger partial charge in [0.2, 0.25) is 0 Å². The van der Waals surface area contributed by atoms with E-state index in [9.17, 15) is 43.2 Å². The highest BCUT2D eigenvalue weighted by Crippen LogP contribution is 2.45. The third kappa shape index (κ3) is 75.2. The third-order valence-electron chi connectivity index (χ3n) is 16.3. The van der Waals surface area contributed by atoms with E-state index in [0.717, 1.165) is 173 Å². The predicted octanol–water partition coefficient (Wildman–Crippen LogP) is 23.4. The standard InChI is InChI=1S/C85H142O17P2/c1-5-9-13-17-21-25-29-32-35-37-39-41-44-47-51-54-58-62-66-70-83(88)96-76-81(102-85(90)72-68-64-60-56-52-48-45-42-40-38-36-33-30-26-22-18-14-10-6-2)78-100-104(93,94)98-74-79(86)73-97-103(91,92)99-77-80(101-84(89)71-67-63-59-55-49-28-24-20-16-12-8-4)75-95-82(87)69-65-61-57-53-50-46-43-34-31-27-23-19-15-11-7-3/h9-10,13-14,21-23,25-27,32-36,39-43,47-48,51-52,79-81,86H,5-8,11-12,15-20,24,28-31,37-38,44-46,49-50,53-78H2,1-4H3,(H,91,92)(H,93,94)/b13-9-,14-10-,25-21-,26-22-,27-23-,35-32-,36-33-,41-39-,42-40-,43-34-,51-47-,52-48-. The van der Waals surface area contributed by atoms with Gasteiger partial charge in [-0.3, -0.25) is 37.3 Å². The number of phosphoric acid groups is 2. The molecule has 3 N–H and O–H groups in total. The minimum atomic E-state index is -5.00. The van der Waals surface area contributed by atoms with Crippen molar-refractivity contribution < 1.29 is 80.2 Å². The number of hydrogen-bond donors (Lipinski definition) is 3. The van der Waals surface area contributed by atoms with Crippen LogP contribution in [0, 0.1) is 0 Å². The highest BCUT2D eigenvalue weighted by atomic mass is 31.2. The zero-order valence-electron chi connectivity index (χ0n) is 64.9. The van der Waals surface area contributed by atoms with Crippen molar-refractivity contribution in [1.29, 1.82) is 0 Å². The summed E-state index contributed by atoms with van der Waals surface area (Å²) in [5, 5.41) is 10.6. The van der Waals surface area contributed by atoms with Crippen molar-refractivity contribution in [2.24, 2.45) is 0 Å². The molecule has 0 bridgehead atoms. The van der Waals surface area contributed by atoms with Crippen LogP contribution in [0.3, 0.4) is 0 Å². The second-order valence-corrected chi connectivity index (χ2v) is 29.2. The highest BCUT2D eigenvalue weighted by molar-refractivity contribution is 7.47. The molecule has 5 unspecified atom stereocenters. The smallest absolute Gasteiger partial charge is 0.462 e. The minimum absolute atomic E-state index is 0.0435. The largest absolute Gasteiger partial charge is 0.472 e. The van der Waals surface area contributed by atoms with Gasteiger partial charge in [0.15, 0.2) is 12.2 Å². The Bertz CT molecular complexity index is 2540. The van der Waals surface area contributed by atoms with Crippen molar-refractivity contribution in [3.05, 3.63) is 146 Å². The molecule has 104 heavy (non-hydrogen) atoms. The highest BCUT2D eigenvalue weighted by Gasteiger charge is 2.30. The Morgan fingerprint density at radius 1 is 0.279 bits per heavy atom. The van der Waals surface area contributed by atoms with E-state index in [4.69, 9.17) is 37.0 Å². The van der Waals surface area contributed by atoms with Crippen LogP contribution in [0.5, 0.6) is 0 Å². The molecule has 0 aliphatic rings. The van der Waals surface area contributed by atoms with Crippen LogP contribution in [0.1, 0.15) is 310 Å². The predicted molar refractivity (Wildman–Crippen MR) is 427 cm³/mol. The lowest BCUT2D eigenvalue weighted by Crippen LogP contribution is -2.30. The van der Waals surface area contributed by atoms with Crippen molar-refractivity contribution in [2.45, 2.75) is 329 Å². The van der Waals surface area contributed by atoms with Gasteiger partial charge in [-0.25, -0.2) is 9.13 Å². The lowest BCUT2D eigenvalue weighted by molar-refractivity contribution is -0.161. The number of phosphoric ester groups is 2. The molecule has 0 aromatic carbocycles. The van der Waals surface area contributed by atoms with E-state index in [0.29, 0.717) is 25.7 Å². The molecule has 0 aromatic heterocycles. The van der Waals surface area contributed by atoms with E-state index >= 15 is 0 Å². The number of rotatable bonds is 74. The van der Waals surface area contributed by atoms with Gasteiger partial charge in [0, 0.05) is 25.7 Å². The number of allylic oxidation sites excluding steroid dienone is 24. The van der Waals surface area contributed by atoms with E-state index in [1.165, 1.54) is 57.8 Å². The summed E-state index contributed by atoms with van der Waals surface area (Å²) < 4.78 is 68.5. The topological polar surface area (TPSA) is 237 Å². The van der Waals surface area contributed by atoms with E-state index in [2.05, 4.69) is 174 Å². The van der Waals surface area contributed by atoms with Gasteiger partial charge < -0.3 is 33.8 Å². The molecule has 594 valence electrons. The summed E-state index contributed by atoms with van der Waals surface area (Å²) >= 11 is 0. The number of hydrogen-bond acceptors (Lipinski definition) is 15. The van der Waals surface area contributed by atoms with Crippen LogP contribution in [-0.2, 0) is 65.4 Å². The van der Waals surface area contributed by atoms with Crippen LogP contribution in [-0.4, -0.2) is 96.7 Å². The number of aliphatic hydroxyl groups is 1. The Morgan fingerprint density at radius 2 is 0.500 bits per heavy atom. The molecule has 0 saturated carbocycles. The number of esters is 4. The van der Waals surface area contributed by atoms with Crippen molar-refractivity contribution in [2.75, 3.05) is 39.6 Å². The summed E-state index contributed by atoms with van der Waals surface area (Å²) in [4.78, 5) is 73.0. The summed E-state index contributed by atoms with van der Waals surface area (Å²) in [7, 11) is -9.98. The summed E-state index contributed by atoms with van der Waals surface area (Å²) in [6.45, 7) is 4.53. The van der Waals surface area contributed by atoms with Gasteiger partial charge in [-0.1, -0.05) is 283 Å². The van der Waals surface area contributed by atoms with Crippen LogP contribution >= 0.6 is 15.6 Å². The van der Waals surface area contributed by atoms with Crippen LogP contribution in [0.2, 0.25) is 0 Å². The number of aliphatic hydroxyl groups excluding tert-OH is 1. The van der Waals surface area contributed by atoms with Gasteiger partial charge in [-0.05, 0) is 148 Å². The monoisotopic (exact) mass is 1500 g/mol. The SMILES string of the molecule is CC/C=C\C/C=C\C/C=C\C/C=C\C/C=C\CCCCCC(=O)OCC(COP(=O)(O)OCC(O)COP(=O)(O)OCC(COC(=O)CCCCCCC/C=C\C/C=C\CCCCC)OC(=O)CCCCCCCCCCCCC)OC(=O)CCCCC/C=C\C/C=C\C/C=C\C/C=C\C/C=C\CC. The molecular weight excluding hydrogens is 1350 g/mol. The molecule has 0 spiro atoms. The first-order chi connectivity index (χ1) is 50.7. The molecular formula is C85H142O17P2. The third-order valence-corrected chi connectivity index (χ3v) is 18.2. The van der Waals surface area contributed by atoms with E-state index in [-0.39, 0.29) is 25.7 Å². The summed E-state index contributed by atoms with van der Waals surface area (Å²) in [6.07, 6.45) is 86.8. The molecule has 0 aliphatic carbocycles. The first kappa shape index (κ1) is 98.9. The number of unbranched alkanes of at least 4 members (excludes halogenated alkanes) is 24. The molecule has 0 saturated heterocycles. The molecule has 0 aliphatic heterocycles. The second-order valence-electron chi connectivity index (χ2n) is 26.2. The fourth-order valence-electron chi connectivity index (χ4n) is 10.2. The molecule has 5 atom stereocenters. The van der Waals surface area contributed by atoms with Crippen LogP contribution < -0.4 is 0 Å². The fraction of sp³-hybridized carbons (Fsp3) is 0.671. The van der Waals surface area contributed by atoms with Crippen molar-refractivity contribution in [1.82, 2.24) is 0 Å². The molecule has 0 fully saturated rings. The first-order valence-electron chi connectivity index (χ1n) is 40.1. The molecule has 19 heteroatoms. The van der Waals surface area contributed by atoms with Crippen molar-refractivity contribution in [3.63, 3.8) is 0 Å². The summed E-state index contributed by atoms with van der Waals surface area (Å²) in [6, 6.07) is 0. The Kier molecular flexibility index (Phi) is 72.4. The van der Waals surface area contributed by atoms with Gasteiger partial charge in [0.25, 0.3) is 0 Å². The maximum absolute atomic E-state index is 13.1. The normalized spacial score (nSPS) is 14.6. The van der Waals surface area contributed by atoms with Crippen LogP contribution in [0.4, 0.5) is 0 Å². The molecule has 0 heterocycles.